The monoisotopic (exact) mass is 410 g/mol. The second kappa shape index (κ2) is 8.37. The predicted molar refractivity (Wildman–Crippen MR) is 121 cm³/mol. The lowest BCUT2D eigenvalue weighted by Crippen LogP contribution is -2.31. The number of hydrogen-bond donors (Lipinski definition) is 2. The highest BCUT2D eigenvalue weighted by Crippen LogP contribution is 2.31. The number of nitrogens with one attached hydrogen (secondary N) is 2. The van der Waals surface area contributed by atoms with Gasteiger partial charge >= 0.3 is 6.03 Å². The summed E-state index contributed by atoms with van der Waals surface area (Å²) in [5, 5.41) is 7.20. The van der Waals surface area contributed by atoms with Crippen molar-refractivity contribution in [3.63, 3.8) is 0 Å². The Labute approximate surface area is 176 Å². The van der Waals surface area contributed by atoms with Crippen LogP contribution in [0.25, 0.3) is 22.0 Å². The van der Waals surface area contributed by atoms with Crippen LogP contribution < -0.4 is 10.6 Å². The predicted octanol–water partition coefficient (Wildman–Crippen LogP) is 6.12. The number of anilines is 1. The first-order valence-corrected chi connectivity index (χ1v) is 10.1. The second-order valence-electron chi connectivity index (χ2n) is 8.54. The van der Waals surface area contributed by atoms with E-state index in [2.05, 4.69) is 47.4 Å². The lowest BCUT2D eigenvalue weighted by molar-refractivity contribution is 0.250. The number of aromatic nitrogens is 2. The van der Waals surface area contributed by atoms with Crippen molar-refractivity contribution in [2.24, 2.45) is 5.41 Å². The largest absolute Gasteiger partial charge is 0.338 e. The lowest BCUT2D eigenvalue weighted by Gasteiger charge is -2.18. The molecule has 0 radical (unpaired) electrons. The highest BCUT2D eigenvalue weighted by molar-refractivity contribution is 6.30. The van der Waals surface area contributed by atoms with Crippen molar-refractivity contribution in [3.8, 4) is 11.1 Å². The highest BCUT2D eigenvalue weighted by Gasteiger charge is 2.13. The Hall–Kier alpha value is -2.66. The number of carbonyl (C=O) groups is 1. The molecular weight excluding hydrogens is 384 g/mol. The van der Waals surface area contributed by atoms with Crippen LogP contribution in [-0.2, 0) is 0 Å². The summed E-state index contributed by atoms with van der Waals surface area (Å²) < 4.78 is 0. The molecule has 1 aromatic carbocycles. The Kier molecular flexibility index (Phi) is 6.08. The molecule has 2 N–H and O–H groups in total. The van der Waals surface area contributed by atoms with Crippen LogP contribution in [0.15, 0.2) is 36.5 Å². The zero-order chi connectivity index (χ0) is 21.2. The number of aryl methyl sites for hydroxylation is 2. The fourth-order valence-corrected chi connectivity index (χ4v) is 3.28. The molecule has 2 heterocycles. The van der Waals surface area contributed by atoms with Gasteiger partial charge in [-0.3, -0.25) is 4.98 Å². The van der Waals surface area contributed by atoms with Gasteiger partial charge in [0.05, 0.1) is 5.52 Å². The van der Waals surface area contributed by atoms with Gasteiger partial charge in [0.1, 0.15) is 5.15 Å². The third kappa shape index (κ3) is 5.45. The Balaban J connectivity index is 1.84. The molecule has 6 heteroatoms. The number of carbonyl (C=O) groups excluding carboxylic acids is 1. The number of fused-ring (bicyclic) bond motifs is 1. The molecule has 152 valence electrons. The van der Waals surface area contributed by atoms with Gasteiger partial charge in [0.2, 0.25) is 0 Å². The number of benzene rings is 1. The quantitative estimate of drug-likeness (QED) is 0.508. The SMILES string of the molecule is Cc1ccc(NC(=O)NCCC(C)(C)C)cc1-c1cc2cnc(Cl)cc2nc1C. The molecular formula is C23H27ClN4O. The van der Waals surface area contributed by atoms with Crippen molar-refractivity contribution in [1.29, 1.82) is 0 Å². The number of urea groups is 1. The van der Waals surface area contributed by atoms with Crippen molar-refractivity contribution in [2.75, 3.05) is 11.9 Å². The van der Waals surface area contributed by atoms with Gasteiger partial charge in [-0.25, -0.2) is 9.78 Å². The minimum Gasteiger partial charge on any atom is -0.338 e. The minimum atomic E-state index is -0.198. The summed E-state index contributed by atoms with van der Waals surface area (Å²) in [5.41, 5.74) is 5.79. The molecule has 3 aromatic rings. The maximum atomic E-state index is 12.2. The first kappa shape index (κ1) is 21.1. The molecule has 2 aromatic heterocycles. The number of rotatable bonds is 4. The van der Waals surface area contributed by atoms with Crippen LogP contribution in [0.1, 0.15) is 38.4 Å². The third-order valence-electron chi connectivity index (χ3n) is 4.80. The summed E-state index contributed by atoms with van der Waals surface area (Å²) in [6.45, 7) is 11.1. The minimum absolute atomic E-state index is 0.185. The number of nitrogens with zero attached hydrogens (tertiary/aromatic N) is 2. The standard InChI is InChI=1S/C23H27ClN4O/c1-14-6-7-17(28-22(29)25-9-8-23(3,4)5)11-18(14)19-10-16-13-26-21(24)12-20(16)27-15(19)2/h6-7,10-13H,8-9H2,1-5H3,(H2,25,28,29). The fourth-order valence-electron chi connectivity index (χ4n) is 3.13. The second-order valence-corrected chi connectivity index (χ2v) is 8.93. The van der Waals surface area contributed by atoms with E-state index in [0.29, 0.717) is 11.7 Å². The Morgan fingerprint density at radius 3 is 2.59 bits per heavy atom. The summed E-state index contributed by atoms with van der Waals surface area (Å²) in [4.78, 5) is 21.1. The van der Waals surface area contributed by atoms with E-state index in [0.717, 1.165) is 45.4 Å². The van der Waals surface area contributed by atoms with Gasteiger partial charge in [-0.2, -0.15) is 0 Å². The maximum Gasteiger partial charge on any atom is 0.319 e. The van der Waals surface area contributed by atoms with Crippen molar-refractivity contribution >= 4 is 34.2 Å². The molecule has 2 amide bonds. The molecule has 0 fully saturated rings. The maximum absolute atomic E-state index is 12.2. The first-order chi connectivity index (χ1) is 13.6. The topological polar surface area (TPSA) is 66.9 Å². The first-order valence-electron chi connectivity index (χ1n) is 9.71. The molecule has 0 aliphatic carbocycles. The van der Waals surface area contributed by atoms with Crippen LogP contribution in [0.2, 0.25) is 5.15 Å². The molecule has 0 aliphatic heterocycles. The van der Waals surface area contributed by atoms with E-state index in [1.54, 1.807) is 12.3 Å². The number of hydrogen-bond acceptors (Lipinski definition) is 3. The van der Waals surface area contributed by atoms with E-state index in [-0.39, 0.29) is 11.4 Å². The summed E-state index contributed by atoms with van der Waals surface area (Å²) in [5.74, 6) is 0. The van der Waals surface area contributed by atoms with Crippen LogP contribution in [0.4, 0.5) is 10.5 Å². The summed E-state index contributed by atoms with van der Waals surface area (Å²) in [6, 6.07) is 9.53. The van der Waals surface area contributed by atoms with Gasteiger partial charge in [-0.1, -0.05) is 38.4 Å². The van der Waals surface area contributed by atoms with Crippen LogP contribution in [0.5, 0.6) is 0 Å². The molecule has 0 saturated heterocycles. The number of amides is 2. The number of halogens is 1. The molecule has 0 bridgehead atoms. The summed E-state index contributed by atoms with van der Waals surface area (Å²) in [7, 11) is 0. The van der Waals surface area contributed by atoms with Gasteiger partial charge in [-0.05, 0) is 55.0 Å². The normalized spacial score (nSPS) is 11.5. The average Bonchev–Trinajstić information content (AvgIpc) is 2.62. The van der Waals surface area contributed by atoms with Crippen molar-refractivity contribution in [3.05, 3.63) is 52.9 Å². The van der Waals surface area contributed by atoms with Crippen molar-refractivity contribution in [1.82, 2.24) is 15.3 Å². The van der Waals surface area contributed by atoms with Crippen molar-refractivity contribution < 1.29 is 4.79 Å². The van der Waals surface area contributed by atoms with E-state index in [1.807, 2.05) is 32.0 Å². The van der Waals surface area contributed by atoms with Crippen molar-refractivity contribution in [2.45, 2.75) is 41.0 Å². The molecule has 0 spiro atoms. The molecule has 0 atom stereocenters. The van der Waals surface area contributed by atoms with Crippen LogP contribution in [-0.4, -0.2) is 22.5 Å². The third-order valence-corrected chi connectivity index (χ3v) is 5.01. The van der Waals surface area contributed by atoms with Crippen LogP contribution >= 0.6 is 11.6 Å². The van der Waals surface area contributed by atoms with Crippen LogP contribution in [0.3, 0.4) is 0 Å². The highest BCUT2D eigenvalue weighted by atomic mass is 35.5. The fraction of sp³-hybridized carbons (Fsp3) is 0.348. The number of pyridine rings is 2. The zero-order valence-corrected chi connectivity index (χ0v) is 18.3. The average molecular weight is 411 g/mol. The van der Waals surface area contributed by atoms with E-state index < -0.39 is 0 Å². The zero-order valence-electron chi connectivity index (χ0n) is 17.6. The Morgan fingerprint density at radius 2 is 1.86 bits per heavy atom. The molecule has 5 nitrogen and oxygen atoms in total. The molecule has 0 aliphatic rings. The van der Waals surface area contributed by atoms with Gasteiger partial charge in [0.25, 0.3) is 0 Å². The van der Waals surface area contributed by atoms with E-state index >= 15 is 0 Å². The van der Waals surface area contributed by atoms with Crippen LogP contribution in [0, 0.1) is 19.3 Å². The van der Waals surface area contributed by atoms with Gasteiger partial charge in [0, 0.05) is 41.1 Å². The molecule has 0 unspecified atom stereocenters. The van der Waals surface area contributed by atoms with Gasteiger partial charge < -0.3 is 10.6 Å². The van der Waals surface area contributed by atoms with E-state index in [1.165, 1.54) is 0 Å². The Bertz CT molecular complexity index is 1060. The molecule has 3 rings (SSSR count). The molecule has 29 heavy (non-hydrogen) atoms. The Morgan fingerprint density at radius 1 is 1.10 bits per heavy atom. The van der Waals surface area contributed by atoms with E-state index in [4.69, 9.17) is 11.6 Å². The van der Waals surface area contributed by atoms with Gasteiger partial charge in [-0.15, -0.1) is 0 Å². The lowest BCUT2D eigenvalue weighted by atomic mass is 9.92. The summed E-state index contributed by atoms with van der Waals surface area (Å²) >= 11 is 5.99. The molecule has 0 saturated carbocycles. The smallest absolute Gasteiger partial charge is 0.319 e. The van der Waals surface area contributed by atoms with E-state index in [9.17, 15) is 4.79 Å². The summed E-state index contributed by atoms with van der Waals surface area (Å²) in [6.07, 6.45) is 2.65. The van der Waals surface area contributed by atoms with Gasteiger partial charge in [0.15, 0.2) is 0 Å².